The number of aryl methyl sites for hydroxylation is 3. The summed E-state index contributed by atoms with van der Waals surface area (Å²) in [6.45, 7) is 15.1. The Kier molecular flexibility index (Phi) is 9.97. The summed E-state index contributed by atoms with van der Waals surface area (Å²) in [7, 11) is 0. The highest BCUT2D eigenvalue weighted by molar-refractivity contribution is 5.99. The van der Waals surface area contributed by atoms with E-state index >= 15 is 0 Å². The van der Waals surface area contributed by atoms with Crippen molar-refractivity contribution in [2.45, 2.75) is 59.8 Å². The second-order valence-corrected chi connectivity index (χ2v) is 11.4. The molecule has 1 unspecified atom stereocenters. The summed E-state index contributed by atoms with van der Waals surface area (Å²) in [5, 5.41) is 2.53. The van der Waals surface area contributed by atoms with E-state index in [1.54, 1.807) is 0 Å². The summed E-state index contributed by atoms with van der Waals surface area (Å²) in [6.07, 6.45) is 10.3. The van der Waals surface area contributed by atoms with Crippen molar-refractivity contribution in [3.63, 3.8) is 0 Å². The Balaban J connectivity index is 0.000000246. The summed E-state index contributed by atoms with van der Waals surface area (Å²) in [6, 6.07) is 39.1. The molecule has 222 valence electrons. The average molecular weight is 576 g/mol. The quantitative estimate of drug-likeness (QED) is 0.206. The van der Waals surface area contributed by atoms with Crippen LogP contribution >= 0.6 is 0 Å². The Labute approximate surface area is 264 Å². The average Bonchev–Trinajstić information content (AvgIpc) is 3.38. The van der Waals surface area contributed by atoms with Gasteiger partial charge in [0, 0.05) is 22.7 Å². The largest absolute Gasteiger partial charge is 0.313 e. The standard InChI is InChI=1S/C30H27N.C11H12.C2H6/c1-4-24-27-17-9-10-18-29(27)31(28-19-11-14-23-13-6-8-16-26(23)28)30(24)20-22(3)25-15-7-5-12-21(25)2;1-9-5-4-7-10-6-2-3-8-11(9)10;1-2/h5-20,24H,3-4H2,1-2H3;3-5,7-8H,2,6H2,1H3;1-2H3/b30-20+;;. The fourth-order valence-corrected chi connectivity index (χ4v) is 6.53. The van der Waals surface area contributed by atoms with E-state index in [0.29, 0.717) is 5.92 Å². The number of hydrogen-bond acceptors (Lipinski definition) is 1. The van der Waals surface area contributed by atoms with E-state index in [1.165, 1.54) is 74.1 Å². The molecule has 0 fully saturated rings. The third-order valence-corrected chi connectivity index (χ3v) is 8.68. The number of benzene rings is 5. The molecule has 1 atom stereocenters. The molecule has 0 saturated heterocycles. The van der Waals surface area contributed by atoms with Gasteiger partial charge in [-0.15, -0.1) is 0 Å². The van der Waals surface area contributed by atoms with E-state index in [1.807, 2.05) is 13.8 Å². The second kappa shape index (κ2) is 14.2. The second-order valence-electron chi connectivity index (χ2n) is 11.4. The Morgan fingerprint density at radius 3 is 2.23 bits per heavy atom. The minimum absolute atomic E-state index is 0.343. The summed E-state index contributed by atoms with van der Waals surface area (Å²) in [5.74, 6) is 0.343. The van der Waals surface area contributed by atoms with E-state index < -0.39 is 0 Å². The fourth-order valence-electron chi connectivity index (χ4n) is 6.53. The first-order valence-electron chi connectivity index (χ1n) is 16.1. The van der Waals surface area contributed by atoms with Crippen molar-refractivity contribution in [3.8, 4) is 0 Å². The molecule has 5 aromatic carbocycles. The molecule has 7 rings (SSSR count). The van der Waals surface area contributed by atoms with Gasteiger partial charge in [-0.25, -0.2) is 0 Å². The van der Waals surface area contributed by atoms with Gasteiger partial charge >= 0.3 is 0 Å². The van der Waals surface area contributed by atoms with Gasteiger partial charge in [-0.2, -0.15) is 0 Å². The molecule has 0 spiro atoms. The third-order valence-electron chi connectivity index (χ3n) is 8.68. The van der Waals surface area contributed by atoms with Crippen LogP contribution in [-0.2, 0) is 6.42 Å². The van der Waals surface area contributed by atoms with Crippen molar-refractivity contribution < 1.29 is 0 Å². The Morgan fingerprint density at radius 2 is 1.43 bits per heavy atom. The zero-order chi connectivity index (χ0) is 31.1. The lowest BCUT2D eigenvalue weighted by molar-refractivity contribution is 0.780. The predicted molar refractivity (Wildman–Crippen MR) is 194 cm³/mol. The maximum Gasteiger partial charge on any atom is 0.0537 e. The van der Waals surface area contributed by atoms with Crippen molar-refractivity contribution >= 4 is 33.8 Å². The van der Waals surface area contributed by atoms with Crippen molar-refractivity contribution in [1.29, 1.82) is 0 Å². The molecule has 0 aromatic heterocycles. The number of rotatable bonds is 4. The lowest BCUT2D eigenvalue weighted by Gasteiger charge is -2.25. The van der Waals surface area contributed by atoms with Crippen LogP contribution in [0.3, 0.4) is 0 Å². The van der Waals surface area contributed by atoms with Gasteiger partial charge in [0.25, 0.3) is 0 Å². The lowest BCUT2D eigenvalue weighted by Crippen LogP contribution is -2.14. The van der Waals surface area contributed by atoms with Crippen LogP contribution in [0.25, 0.3) is 22.4 Å². The SMILES string of the molecule is C=C(/C=C1\C(CC)c2ccccc2N1c1cccc2ccccc12)c1ccccc1C.CC.Cc1cccc2c1C=CCC2. The summed E-state index contributed by atoms with van der Waals surface area (Å²) < 4.78 is 0. The van der Waals surface area contributed by atoms with Crippen LogP contribution in [0.1, 0.15) is 72.9 Å². The van der Waals surface area contributed by atoms with E-state index in [9.17, 15) is 0 Å². The van der Waals surface area contributed by atoms with Crippen LogP contribution in [-0.4, -0.2) is 0 Å². The van der Waals surface area contributed by atoms with Gasteiger partial charge in [-0.3, -0.25) is 0 Å². The van der Waals surface area contributed by atoms with Crippen LogP contribution in [0.5, 0.6) is 0 Å². The molecule has 0 bridgehead atoms. The number of allylic oxidation sites excluding steroid dienone is 4. The van der Waals surface area contributed by atoms with Crippen LogP contribution in [0.15, 0.2) is 134 Å². The van der Waals surface area contributed by atoms with Crippen molar-refractivity contribution in [2.24, 2.45) is 0 Å². The number of hydrogen-bond donors (Lipinski definition) is 0. The fraction of sp³-hybridized carbons (Fsp3) is 0.209. The number of nitrogens with zero attached hydrogens (tertiary/aromatic N) is 1. The molecular formula is C43H45N. The minimum atomic E-state index is 0.343. The van der Waals surface area contributed by atoms with E-state index in [4.69, 9.17) is 0 Å². The Morgan fingerprint density at radius 1 is 0.773 bits per heavy atom. The summed E-state index contributed by atoms with van der Waals surface area (Å²) in [4.78, 5) is 2.45. The Hall–Kier alpha value is -4.62. The lowest BCUT2D eigenvalue weighted by atomic mass is 9.93. The van der Waals surface area contributed by atoms with E-state index in [0.717, 1.165) is 12.0 Å². The zero-order valence-corrected chi connectivity index (χ0v) is 27.0. The molecule has 0 saturated carbocycles. The van der Waals surface area contributed by atoms with E-state index in [-0.39, 0.29) is 0 Å². The molecule has 1 nitrogen and oxygen atoms in total. The van der Waals surface area contributed by atoms with Crippen molar-refractivity contribution in [2.75, 3.05) is 4.90 Å². The maximum absolute atomic E-state index is 4.47. The third kappa shape index (κ3) is 6.19. The summed E-state index contributed by atoms with van der Waals surface area (Å²) >= 11 is 0. The maximum atomic E-state index is 4.47. The van der Waals surface area contributed by atoms with Crippen LogP contribution in [0.2, 0.25) is 0 Å². The molecule has 0 radical (unpaired) electrons. The van der Waals surface area contributed by atoms with Crippen LogP contribution < -0.4 is 4.90 Å². The molecule has 5 aromatic rings. The molecule has 0 amide bonds. The number of para-hydroxylation sites is 1. The predicted octanol–water partition coefficient (Wildman–Crippen LogP) is 12.4. The van der Waals surface area contributed by atoms with Crippen molar-refractivity contribution in [1.82, 2.24) is 0 Å². The molecular weight excluding hydrogens is 530 g/mol. The monoisotopic (exact) mass is 575 g/mol. The van der Waals surface area contributed by atoms with Crippen LogP contribution in [0.4, 0.5) is 11.4 Å². The minimum Gasteiger partial charge on any atom is -0.313 e. The van der Waals surface area contributed by atoms with Crippen molar-refractivity contribution in [3.05, 3.63) is 167 Å². The normalized spacial score (nSPS) is 15.5. The van der Waals surface area contributed by atoms with Gasteiger partial charge in [0.05, 0.1) is 5.69 Å². The first kappa shape index (κ1) is 30.8. The molecule has 44 heavy (non-hydrogen) atoms. The van der Waals surface area contributed by atoms with Gasteiger partial charge in [0.1, 0.15) is 0 Å². The van der Waals surface area contributed by atoms with Gasteiger partial charge in [-0.05, 0) is 95.7 Å². The molecule has 2 aliphatic rings. The highest BCUT2D eigenvalue weighted by atomic mass is 15.2. The van der Waals surface area contributed by atoms with Gasteiger partial charge in [0.15, 0.2) is 0 Å². The molecule has 1 heterocycles. The van der Waals surface area contributed by atoms with Gasteiger partial charge < -0.3 is 4.90 Å². The molecule has 1 aliphatic carbocycles. The molecule has 1 heteroatoms. The number of fused-ring (bicyclic) bond motifs is 3. The van der Waals surface area contributed by atoms with E-state index in [2.05, 4.69) is 160 Å². The zero-order valence-electron chi connectivity index (χ0n) is 27.0. The highest BCUT2D eigenvalue weighted by Crippen LogP contribution is 2.51. The van der Waals surface area contributed by atoms with Crippen LogP contribution in [0, 0.1) is 13.8 Å². The van der Waals surface area contributed by atoms with Gasteiger partial charge in [-0.1, -0.05) is 137 Å². The molecule has 1 aliphatic heterocycles. The highest BCUT2D eigenvalue weighted by Gasteiger charge is 2.34. The first-order chi connectivity index (χ1) is 21.6. The number of anilines is 2. The van der Waals surface area contributed by atoms with Gasteiger partial charge in [0.2, 0.25) is 0 Å². The summed E-state index contributed by atoms with van der Waals surface area (Å²) in [5.41, 5.74) is 13.1. The first-order valence-corrected chi connectivity index (χ1v) is 16.1. The smallest absolute Gasteiger partial charge is 0.0537 e. The Bertz CT molecular complexity index is 1810. The molecule has 0 N–H and O–H groups in total. The topological polar surface area (TPSA) is 3.24 Å².